The lowest BCUT2D eigenvalue weighted by Crippen LogP contribution is -2.34. The predicted octanol–water partition coefficient (Wildman–Crippen LogP) is 4.34. The molecule has 0 saturated carbocycles. The molecule has 0 bridgehead atoms. The normalized spacial score (nSPS) is 17.5. The van der Waals surface area contributed by atoms with E-state index < -0.39 is 16.0 Å². The highest BCUT2D eigenvalue weighted by Gasteiger charge is 2.45. The highest BCUT2D eigenvalue weighted by Crippen LogP contribution is 2.40. The number of aromatic nitrogens is 4. The molecule has 1 saturated heterocycles. The van der Waals surface area contributed by atoms with Crippen molar-refractivity contribution in [2.45, 2.75) is 25.4 Å². The molecule has 3 heterocycles. The van der Waals surface area contributed by atoms with E-state index in [1.54, 1.807) is 30.9 Å². The van der Waals surface area contributed by atoms with Gasteiger partial charge >= 0.3 is 0 Å². The molecule has 41 heavy (non-hydrogen) atoms. The SMILES string of the molecule is Cc1nccn1-c1ccc(OCC2COC(Cn3ccnc3)(c3ccc(Cl)cc3Cl)O2)cc1.O=[N+]([O-])O.O=[N+]([O-])O. The zero-order valence-electron chi connectivity index (χ0n) is 21.3. The van der Waals surface area contributed by atoms with E-state index in [1.165, 1.54) is 0 Å². The van der Waals surface area contributed by atoms with Gasteiger partial charge in [0.1, 0.15) is 24.3 Å². The Labute approximate surface area is 242 Å². The van der Waals surface area contributed by atoms with Gasteiger partial charge in [-0.1, -0.05) is 29.3 Å². The van der Waals surface area contributed by atoms with Crippen molar-refractivity contribution in [3.05, 3.63) is 115 Å². The van der Waals surface area contributed by atoms with Crippen molar-refractivity contribution in [2.75, 3.05) is 13.2 Å². The summed E-state index contributed by atoms with van der Waals surface area (Å²) in [6, 6.07) is 13.1. The number of rotatable bonds is 7. The standard InChI is InChI=1S/C24H22Cl2N4O3.2HNO3/c1-17-28-9-11-30(17)19-3-5-20(6-4-19)31-13-21-14-32-24(33-21,15-29-10-8-27-16-29)22-7-2-18(25)12-23(22)26;2*2-1(3)4/h2-12,16,21H,13-15H2,1H3;2*(H,2,3,4). The number of benzene rings is 2. The first kappa shape index (κ1) is 31.1. The van der Waals surface area contributed by atoms with Gasteiger partial charge in [0.2, 0.25) is 5.79 Å². The molecule has 1 aliphatic heterocycles. The topological polar surface area (TPSA) is 190 Å². The summed E-state index contributed by atoms with van der Waals surface area (Å²) in [6.07, 6.45) is 8.70. The van der Waals surface area contributed by atoms with Gasteiger partial charge in [0.15, 0.2) is 0 Å². The van der Waals surface area contributed by atoms with Crippen LogP contribution in [0.4, 0.5) is 0 Å². The molecule has 1 aliphatic rings. The molecule has 2 atom stereocenters. The maximum absolute atomic E-state index is 8.36. The molecule has 2 unspecified atom stereocenters. The number of aryl methyl sites for hydroxylation is 1. The van der Waals surface area contributed by atoms with Gasteiger partial charge in [-0.2, -0.15) is 0 Å². The van der Waals surface area contributed by atoms with Crippen LogP contribution in [0.5, 0.6) is 5.75 Å². The van der Waals surface area contributed by atoms with Crippen molar-refractivity contribution in [3.63, 3.8) is 0 Å². The lowest BCUT2D eigenvalue weighted by atomic mass is 10.1. The van der Waals surface area contributed by atoms with Gasteiger partial charge < -0.3 is 33.8 Å². The van der Waals surface area contributed by atoms with Crippen LogP contribution in [0.15, 0.2) is 73.6 Å². The van der Waals surface area contributed by atoms with Crippen LogP contribution in [0.25, 0.3) is 5.69 Å². The first-order valence-corrected chi connectivity index (χ1v) is 12.4. The largest absolute Gasteiger partial charge is 0.491 e. The first-order valence-electron chi connectivity index (χ1n) is 11.6. The average Bonchev–Trinajstić information content (AvgIpc) is 3.65. The fraction of sp³-hybridized carbons (Fsp3) is 0.250. The monoisotopic (exact) mass is 610 g/mol. The van der Waals surface area contributed by atoms with Crippen LogP contribution in [-0.2, 0) is 21.8 Å². The zero-order valence-corrected chi connectivity index (χ0v) is 22.8. The third kappa shape index (κ3) is 9.04. The fourth-order valence-electron chi connectivity index (χ4n) is 3.92. The zero-order chi connectivity index (χ0) is 30.0. The van der Waals surface area contributed by atoms with E-state index in [9.17, 15) is 0 Å². The van der Waals surface area contributed by atoms with E-state index in [-0.39, 0.29) is 6.10 Å². The Hall–Kier alpha value is -4.44. The van der Waals surface area contributed by atoms with Gasteiger partial charge in [0.25, 0.3) is 10.2 Å². The first-order chi connectivity index (χ1) is 19.5. The molecule has 1 fully saturated rings. The number of halogens is 2. The Morgan fingerprint density at radius 3 is 2.34 bits per heavy atom. The second-order valence-corrected chi connectivity index (χ2v) is 9.13. The summed E-state index contributed by atoms with van der Waals surface area (Å²) in [4.78, 5) is 25.1. The number of hydrogen-bond donors (Lipinski definition) is 2. The van der Waals surface area contributed by atoms with Crippen molar-refractivity contribution < 1.29 is 34.8 Å². The van der Waals surface area contributed by atoms with Gasteiger partial charge in [0.05, 0.1) is 24.5 Å². The average molecular weight is 611 g/mol. The summed E-state index contributed by atoms with van der Waals surface area (Å²) < 4.78 is 22.5. The van der Waals surface area contributed by atoms with Crippen LogP contribution in [0.1, 0.15) is 11.4 Å². The number of ether oxygens (including phenoxy) is 3. The number of hydrogen-bond acceptors (Lipinski definition) is 9. The maximum Gasteiger partial charge on any atom is 0.291 e. The van der Waals surface area contributed by atoms with Crippen LogP contribution < -0.4 is 4.74 Å². The molecule has 0 radical (unpaired) electrons. The van der Waals surface area contributed by atoms with E-state index >= 15 is 0 Å². The quantitative estimate of drug-likeness (QED) is 0.223. The lowest BCUT2D eigenvalue weighted by molar-refractivity contribution is -0.742. The van der Waals surface area contributed by atoms with Gasteiger partial charge in [-0.3, -0.25) is 0 Å². The molecule has 0 spiro atoms. The summed E-state index contributed by atoms with van der Waals surface area (Å²) >= 11 is 12.6. The molecule has 0 amide bonds. The van der Waals surface area contributed by atoms with Gasteiger partial charge in [0, 0.05) is 41.1 Å². The minimum Gasteiger partial charge on any atom is -0.491 e. The van der Waals surface area contributed by atoms with Crippen molar-refractivity contribution in [1.29, 1.82) is 0 Å². The summed E-state index contributed by atoms with van der Waals surface area (Å²) in [5.74, 6) is 0.603. The third-order valence-electron chi connectivity index (χ3n) is 5.53. The summed E-state index contributed by atoms with van der Waals surface area (Å²) in [7, 11) is 0. The van der Waals surface area contributed by atoms with Gasteiger partial charge in [-0.15, -0.1) is 20.2 Å². The van der Waals surface area contributed by atoms with E-state index in [0.717, 1.165) is 17.3 Å². The van der Waals surface area contributed by atoms with Crippen molar-refractivity contribution in [1.82, 2.24) is 19.1 Å². The fourth-order valence-corrected chi connectivity index (χ4v) is 4.47. The Morgan fingerprint density at radius 1 is 1.10 bits per heavy atom. The number of nitrogens with zero attached hydrogens (tertiary/aromatic N) is 6. The van der Waals surface area contributed by atoms with Gasteiger partial charge in [-0.05, 0) is 43.3 Å². The Balaban J connectivity index is 0.000000515. The molecule has 0 aliphatic carbocycles. The Morgan fingerprint density at radius 2 is 1.78 bits per heavy atom. The van der Waals surface area contributed by atoms with Crippen LogP contribution >= 0.6 is 23.2 Å². The van der Waals surface area contributed by atoms with E-state index in [4.69, 9.17) is 68.1 Å². The molecule has 17 heteroatoms. The molecular weight excluding hydrogens is 587 g/mol. The highest BCUT2D eigenvalue weighted by atomic mass is 35.5. The van der Waals surface area contributed by atoms with Crippen molar-refractivity contribution >= 4 is 23.2 Å². The smallest absolute Gasteiger partial charge is 0.291 e. The molecule has 218 valence electrons. The Kier molecular flexibility index (Phi) is 10.8. The lowest BCUT2D eigenvalue weighted by Gasteiger charge is -2.30. The van der Waals surface area contributed by atoms with E-state index in [0.29, 0.717) is 35.4 Å². The van der Waals surface area contributed by atoms with E-state index in [2.05, 4.69) is 9.97 Å². The second kappa shape index (κ2) is 14.3. The van der Waals surface area contributed by atoms with Crippen LogP contribution in [0, 0.1) is 27.2 Å². The maximum atomic E-state index is 8.36. The van der Waals surface area contributed by atoms with Crippen molar-refractivity contribution in [2.24, 2.45) is 0 Å². The number of imidazole rings is 2. The minimum absolute atomic E-state index is 0.282. The molecule has 2 N–H and O–H groups in total. The van der Waals surface area contributed by atoms with Crippen LogP contribution in [0.2, 0.25) is 10.0 Å². The Bertz CT molecular complexity index is 1420. The minimum atomic E-state index is -1.50. The second-order valence-electron chi connectivity index (χ2n) is 8.29. The molecule has 5 rings (SSSR count). The third-order valence-corrected chi connectivity index (χ3v) is 6.08. The van der Waals surface area contributed by atoms with Crippen LogP contribution in [0.3, 0.4) is 0 Å². The van der Waals surface area contributed by atoms with E-state index in [1.807, 2.05) is 58.8 Å². The summed E-state index contributed by atoms with van der Waals surface area (Å²) in [6.45, 7) is 3.05. The molecule has 4 aromatic rings. The molecular formula is C24H24Cl2N6O9. The van der Waals surface area contributed by atoms with Crippen LogP contribution in [-0.4, -0.2) is 59.0 Å². The molecule has 2 aromatic carbocycles. The summed E-state index contributed by atoms with van der Waals surface area (Å²) in [5, 5.41) is 28.3. The van der Waals surface area contributed by atoms with Crippen molar-refractivity contribution in [3.8, 4) is 11.4 Å². The molecule has 2 aromatic heterocycles. The summed E-state index contributed by atoms with van der Waals surface area (Å²) in [5.41, 5.74) is 1.74. The molecule has 15 nitrogen and oxygen atoms in total. The highest BCUT2D eigenvalue weighted by molar-refractivity contribution is 6.35. The predicted molar refractivity (Wildman–Crippen MR) is 143 cm³/mol. The van der Waals surface area contributed by atoms with Gasteiger partial charge in [-0.25, -0.2) is 9.97 Å².